The smallest absolute Gasteiger partial charge is 0.305 e. The van der Waals surface area contributed by atoms with Crippen molar-refractivity contribution in [2.24, 2.45) is 0 Å². The van der Waals surface area contributed by atoms with E-state index in [0.717, 1.165) is 35.7 Å². The molecular weight excluding hydrogens is 426 g/mol. The fourth-order valence-electron chi connectivity index (χ4n) is 3.08. The van der Waals surface area contributed by atoms with Crippen molar-refractivity contribution >= 4 is 39.8 Å². The van der Waals surface area contributed by atoms with Gasteiger partial charge < -0.3 is 9.47 Å². The van der Waals surface area contributed by atoms with Gasteiger partial charge in [0.25, 0.3) is 5.91 Å². The lowest BCUT2D eigenvalue weighted by molar-refractivity contribution is -0.143. The Hall–Kier alpha value is -2.15. The fourth-order valence-corrected chi connectivity index (χ4v) is 3.42. The van der Waals surface area contributed by atoms with Crippen LogP contribution in [0.5, 0.6) is 5.75 Å². The molecule has 1 aromatic carbocycles. The van der Waals surface area contributed by atoms with E-state index >= 15 is 0 Å². The molecule has 0 aliphatic carbocycles. The monoisotopic (exact) mass is 451 g/mol. The number of halogens is 1. The van der Waals surface area contributed by atoms with Crippen LogP contribution in [0.2, 0.25) is 0 Å². The third kappa shape index (κ3) is 6.19. The molecule has 152 valence electrons. The van der Waals surface area contributed by atoms with E-state index in [1.54, 1.807) is 20.1 Å². The van der Waals surface area contributed by atoms with Gasteiger partial charge in [-0.15, -0.1) is 0 Å². The first-order chi connectivity index (χ1) is 13.5. The highest BCUT2D eigenvalue weighted by molar-refractivity contribution is 9.10. The average Bonchev–Trinajstić information content (AvgIpc) is 2.93. The van der Waals surface area contributed by atoms with E-state index in [0.29, 0.717) is 30.9 Å². The molecule has 6 nitrogen and oxygen atoms in total. The van der Waals surface area contributed by atoms with Gasteiger partial charge in [-0.1, -0.05) is 34.8 Å². The topological polar surface area (TPSA) is 72.9 Å². The Morgan fingerprint density at radius 3 is 2.68 bits per heavy atom. The molecule has 0 saturated carbocycles. The maximum Gasteiger partial charge on any atom is 0.305 e. The Labute approximate surface area is 174 Å². The Balaban J connectivity index is 1.86. The Bertz CT molecular complexity index is 759. The summed E-state index contributed by atoms with van der Waals surface area (Å²) in [5, 5.41) is 0. The van der Waals surface area contributed by atoms with E-state index in [9.17, 15) is 14.4 Å². The molecule has 0 atom stereocenters. The van der Waals surface area contributed by atoms with Crippen molar-refractivity contribution in [2.75, 3.05) is 20.3 Å². The van der Waals surface area contributed by atoms with Crippen LogP contribution >= 0.6 is 15.9 Å². The Morgan fingerprint density at radius 1 is 1.21 bits per heavy atom. The summed E-state index contributed by atoms with van der Waals surface area (Å²) in [7, 11) is 1.57. The zero-order valence-electron chi connectivity index (χ0n) is 16.3. The summed E-state index contributed by atoms with van der Waals surface area (Å²) in [5.41, 5.74) is 1.25. The predicted molar refractivity (Wildman–Crippen MR) is 110 cm³/mol. The van der Waals surface area contributed by atoms with Gasteiger partial charge in [0.05, 0.1) is 20.1 Å². The summed E-state index contributed by atoms with van der Waals surface area (Å²) >= 11 is 3.39. The van der Waals surface area contributed by atoms with Gasteiger partial charge in [0, 0.05) is 28.6 Å². The summed E-state index contributed by atoms with van der Waals surface area (Å²) in [6.07, 6.45) is 5.47. The van der Waals surface area contributed by atoms with Crippen molar-refractivity contribution in [1.29, 1.82) is 0 Å². The van der Waals surface area contributed by atoms with E-state index in [1.165, 1.54) is 4.90 Å². The highest BCUT2D eigenvalue weighted by Crippen LogP contribution is 2.28. The standard InChI is InChI=1S/C21H26BrNO5/c1-3-28-20(25)8-6-4-5-7-11-23-19(24)13-16(21(23)26)12-15-9-10-17(22)14-18(15)27-2/h9-10,12,14H,3-8,11,13H2,1-2H3. The molecular formula is C21H26BrNO5. The van der Waals surface area contributed by atoms with Crippen molar-refractivity contribution in [1.82, 2.24) is 4.90 Å². The molecule has 1 fully saturated rings. The molecule has 0 radical (unpaired) electrons. The van der Waals surface area contributed by atoms with Crippen molar-refractivity contribution in [3.05, 3.63) is 33.8 Å². The molecule has 0 aromatic heterocycles. The summed E-state index contributed by atoms with van der Waals surface area (Å²) in [4.78, 5) is 37.4. The lowest BCUT2D eigenvalue weighted by Crippen LogP contribution is -2.30. The molecule has 2 amide bonds. The Kier molecular flexibility index (Phi) is 8.70. The lowest BCUT2D eigenvalue weighted by atomic mass is 10.1. The van der Waals surface area contributed by atoms with Crippen LogP contribution in [-0.2, 0) is 19.1 Å². The van der Waals surface area contributed by atoms with Gasteiger partial charge in [-0.25, -0.2) is 0 Å². The van der Waals surface area contributed by atoms with Gasteiger partial charge in [0.1, 0.15) is 5.75 Å². The SMILES string of the molecule is CCOC(=O)CCCCCCN1C(=O)CC(=Cc2ccc(Br)cc2OC)C1=O. The van der Waals surface area contributed by atoms with Crippen LogP contribution in [0, 0.1) is 0 Å². The number of methoxy groups -OCH3 is 1. The largest absolute Gasteiger partial charge is 0.496 e. The summed E-state index contributed by atoms with van der Waals surface area (Å²) in [6.45, 7) is 2.60. The molecule has 0 bridgehead atoms. The minimum Gasteiger partial charge on any atom is -0.496 e. The van der Waals surface area contributed by atoms with Crippen LogP contribution < -0.4 is 4.74 Å². The molecule has 1 heterocycles. The molecule has 0 unspecified atom stereocenters. The maximum absolute atomic E-state index is 12.6. The summed E-state index contributed by atoms with van der Waals surface area (Å²) in [6, 6.07) is 5.53. The third-order valence-electron chi connectivity index (χ3n) is 4.51. The number of hydrogen-bond acceptors (Lipinski definition) is 5. The fraction of sp³-hybridized carbons (Fsp3) is 0.476. The quantitative estimate of drug-likeness (QED) is 0.231. The van der Waals surface area contributed by atoms with E-state index < -0.39 is 0 Å². The number of nitrogens with zero attached hydrogens (tertiary/aromatic N) is 1. The number of unbranched alkanes of at least 4 members (excludes halogenated alkanes) is 3. The van der Waals surface area contributed by atoms with Crippen LogP contribution in [0.4, 0.5) is 0 Å². The molecule has 1 aliphatic rings. The van der Waals surface area contributed by atoms with Crippen molar-refractivity contribution in [3.8, 4) is 5.75 Å². The number of rotatable bonds is 10. The number of carbonyl (C=O) groups is 3. The molecule has 0 spiro atoms. The number of esters is 1. The third-order valence-corrected chi connectivity index (χ3v) is 5.00. The molecule has 1 aromatic rings. The summed E-state index contributed by atoms with van der Waals surface area (Å²) < 4.78 is 11.1. The number of amides is 2. The molecule has 7 heteroatoms. The maximum atomic E-state index is 12.6. The normalized spacial score (nSPS) is 15.4. The van der Waals surface area contributed by atoms with Crippen molar-refractivity contribution in [2.45, 2.75) is 45.4 Å². The van der Waals surface area contributed by atoms with Gasteiger partial charge in [-0.3, -0.25) is 19.3 Å². The van der Waals surface area contributed by atoms with Crippen molar-refractivity contribution < 1.29 is 23.9 Å². The van der Waals surface area contributed by atoms with Crippen LogP contribution in [-0.4, -0.2) is 42.9 Å². The molecule has 2 rings (SSSR count). The predicted octanol–water partition coefficient (Wildman–Crippen LogP) is 4.11. The summed E-state index contributed by atoms with van der Waals surface area (Å²) in [5.74, 6) is 0.0630. The highest BCUT2D eigenvalue weighted by Gasteiger charge is 2.33. The Morgan fingerprint density at radius 2 is 1.96 bits per heavy atom. The van der Waals surface area contributed by atoms with Gasteiger partial charge in [0.2, 0.25) is 5.91 Å². The molecule has 1 saturated heterocycles. The second-order valence-electron chi connectivity index (χ2n) is 6.55. The van der Waals surface area contributed by atoms with Gasteiger partial charge in [-0.05, 0) is 38.0 Å². The van der Waals surface area contributed by atoms with Crippen molar-refractivity contribution in [3.63, 3.8) is 0 Å². The minimum absolute atomic E-state index is 0.112. The van der Waals surface area contributed by atoms with Crippen LogP contribution in [0.3, 0.4) is 0 Å². The van der Waals surface area contributed by atoms with E-state index in [1.807, 2.05) is 18.2 Å². The van der Waals surface area contributed by atoms with Crippen LogP contribution in [0.15, 0.2) is 28.2 Å². The average molecular weight is 452 g/mol. The van der Waals surface area contributed by atoms with E-state index in [2.05, 4.69) is 15.9 Å². The minimum atomic E-state index is -0.235. The van der Waals surface area contributed by atoms with E-state index in [4.69, 9.17) is 9.47 Å². The number of carbonyl (C=O) groups excluding carboxylic acids is 3. The number of benzene rings is 1. The second-order valence-corrected chi connectivity index (χ2v) is 7.47. The molecule has 0 N–H and O–H groups in total. The van der Waals surface area contributed by atoms with Gasteiger partial charge >= 0.3 is 5.97 Å². The first kappa shape index (κ1) is 22.1. The lowest BCUT2D eigenvalue weighted by Gasteiger charge is -2.13. The van der Waals surface area contributed by atoms with Crippen LogP contribution in [0.1, 0.15) is 51.0 Å². The highest BCUT2D eigenvalue weighted by atomic mass is 79.9. The number of ether oxygens (including phenoxy) is 2. The molecule has 28 heavy (non-hydrogen) atoms. The number of likely N-dealkylation sites (tertiary alicyclic amines) is 1. The zero-order chi connectivity index (χ0) is 20.5. The number of imide groups is 1. The van der Waals surface area contributed by atoms with Gasteiger partial charge in [-0.2, -0.15) is 0 Å². The first-order valence-electron chi connectivity index (χ1n) is 9.50. The zero-order valence-corrected chi connectivity index (χ0v) is 17.9. The second kappa shape index (κ2) is 11.0. The van der Waals surface area contributed by atoms with Crippen LogP contribution in [0.25, 0.3) is 6.08 Å². The van der Waals surface area contributed by atoms with Gasteiger partial charge in [0.15, 0.2) is 0 Å². The number of hydrogen-bond donors (Lipinski definition) is 0. The van der Waals surface area contributed by atoms with E-state index in [-0.39, 0.29) is 24.2 Å². The molecule has 1 aliphatic heterocycles. The first-order valence-corrected chi connectivity index (χ1v) is 10.3.